The summed E-state index contributed by atoms with van der Waals surface area (Å²) in [6.45, 7) is -0.354. The van der Waals surface area contributed by atoms with Crippen LogP contribution in [0.1, 0.15) is 11.7 Å². The lowest BCUT2D eigenvalue weighted by Crippen LogP contribution is -2.19. The molecule has 4 nitrogen and oxygen atoms in total. The molecule has 0 radical (unpaired) electrons. The number of amides is 1. The molecule has 0 saturated carbocycles. The first-order valence-electron chi connectivity index (χ1n) is 3.96. The summed E-state index contributed by atoms with van der Waals surface area (Å²) in [5, 5.41) is 9.39. The summed E-state index contributed by atoms with van der Waals surface area (Å²) in [6.07, 6.45) is -1.75. The van der Waals surface area contributed by atoms with E-state index in [-0.39, 0.29) is 6.61 Å². The molecule has 0 aromatic heterocycles. The topological polar surface area (TPSA) is 72.6 Å². The van der Waals surface area contributed by atoms with E-state index in [4.69, 9.17) is 22.4 Å². The van der Waals surface area contributed by atoms with Gasteiger partial charge in [-0.3, -0.25) is 0 Å². The van der Waals surface area contributed by atoms with Crippen LogP contribution in [0.4, 0.5) is 4.79 Å². The van der Waals surface area contributed by atoms with Crippen molar-refractivity contribution in [3.05, 3.63) is 34.9 Å². The molecule has 0 aliphatic carbocycles. The van der Waals surface area contributed by atoms with Gasteiger partial charge in [0.05, 0.1) is 6.61 Å². The van der Waals surface area contributed by atoms with E-state index in [9.17, 15) is 4.79 Å². The van der Waals surface area contributed by atoms with Crippen LogP contribution in [0.15, 0.2) is 24.3 Å². The van der Waals surface area contributed by atoms with Crippen molar-refractivity contribution in [3.63, 3.8) is 0 Å². The largest absolute Gasteiger partial charge is 0.439 e. The zero-order valence-electron chi connectivity index (χ0n) is 7.31. The first-order valence-corrected chi connectivity index (χ1v) is 4.34. The van der Waals surface area contributed by atoms with Gasteiger partial charge in [0, 0.05) is 10.6 Å². The summed E-state index contributed by atoms with van der Waals surface area (Å²) in [5.74, 6) is 0. The third kappa shape index (κ3) is 2.61. The van der Waals surface area contributed by atoms with Crippen LogP contribution >= 0.6 is 11.6 Å². The van der Waals surface area contributed by atoms with E-state index in [1.807, 2.05) is 0 Å². The molecule has 1 aromatic rings. The lowest BCUT2D eigenvalue weighted by atomic mass is 10.1. The normalized spacial score (nSPS) is 12.1. The molecule has 1 atom stereocenters. The Kier molecular flexibility index (Phi) is 3.73. The van der Waals surface area contributed by atoms with Gasteiger partial charge in [0.2, 0.25) is 0 Å². The highest BCUT2D eigenvalue weighted by atomic mass is 35.5. The van der Waals surface area contributed by atoms with Crippen molar-refractivity contribution < 1.29 is 14.6 Å². The quantitative estimate of drug-likeness (QED) is 0.802. The standard InChI is InChI=1S/C9H10ClNO3/c10-7-4-2-1-3-6(7)8(5-12)14-9(11)13/h1-4,8,12H,5H2,(H2,11,13)/t8-/m0/s1. The molecule has 1 amide bonds. The fraction of sp³-hybridized carbons (Fsp3) is 0.222. The molecule has 0 aliphatic heterocycles. The van der Waals surface area contributed by atoms with Crippen LogP contribution in [0.3, 0.4) is 0 Å². The lowest BCUT2D eigenvalue weighted by Gasteiger charge is -2.15. The molecule has 76 valence electrons. The molecule has 0 saturated heterocycles. The Morgan fingerprint density at radius 1 is 1.57 bits per heavy atom. The predicted octanol–water partition coefficient (Wildman–Crippen LogP) is 1.47. The van der Waals surface area contributed by atoms with Gasteiger partial charge in [-0.05, 0) is 6.07 Å². The molecule has 0 heterocycles. The van der Waals surface area contributed by atoms with Gasteiger partial charge in [0.15, 0.2) is 6.10 Å². The molecule has 3 N–H and O–H groups in total. The van der Waals surface area contributed by atoms with Gasteiger partial charge in [-0.1, -0.05) is 29.8 Å². The zero-order chi connectivity index (χ0) is 10.6. The SMILES string of the molecule is NC(=O)O[C@@H](CO)c1ccccc1Cl. The molecule has 1 rings (SSSR count). The smallest absolute Gasteiger partial charge is 0.405 e. The number of benzene rings is 1. The van der Waals surface area contributed by atoms with Crippen molar-refractivity contribution >= 4 is 17.7 Å². The van der Waals surface area contributed by atoms with Crippen LogP contribution in [0, 0.1) is 0 Å². The maximum absolute atomic E-state index is 10.5. The molecule has 0 fully saturated rings. The maximum atomic E-state index is 10.5. The molecule has 5 heteroatoms. The second kappa shape index (κ2) is 4.83. The van der Waals surface area contributed by atoms with Crippen molar-refractivity contribution in [2.24, 2.45) is 5.73 Å². The Hall–Kier alpha value is -1.26. The van der Waals surface area contributed by atoms with Crippen molar-refractivity contribution in [1.82, 2.24) is 0 Å². The highest BCUT2D eigenvalue weighted by Crippen LogP contribution is 2.24. The molecule has 0 spiro atoms. The summed E-state index contributed by atoms with van der Waals surface area (Å²) < 4.78 is 4.67. The lowest BCUT2D eigenvalue weighted by molar-refractivity contribution is 0.0633. The molecule has 0 bridgehead atoms. The average molecular weight is 216 g/mol. The number of aliphatic hydroxyl groups excluding tert-OH is 1. The Bertz CT molecular complexity index is 330. The van der Waals surface area contributed by atoms with E-state index in [1.54, 1.807) is 24.3 Å². The molecular weight excluding hydrogens is 206 g/mol. The summed E-state index contributed by atoms with van der Waals surface area (Å²) in [4.78, 5) is 10.5. The van der Waals surface area contributed by atoms with Crippen LogP contribution in [-0.2, 0) is 4.74 Å². The third-order valence-electron chi connectivity index (χ3n) is 1.68. The van der Waals surface area contributed by atoms with Gasteiger partial charge in [-0.15, -0.1) is 0 Å². The highest BCUT2D eigenvalue weighted by molar-refractivity contribution is 6.31. The van der Waals surface area contributed by atoms with E-state index in [0.29, 0.717) is 10.6 Å². The number of carbonyl (C=O) groups is 1. The van der Waals surface area contributed by atoms with Crippen LogP contribution < -0.4 is 5.73 Å². The van der Waals surface area contributed by atoms with E-state index in [2.05, 4.69) is 4.74 Å². The number of ether oxygens (including phenoxy) is 1. The monoisotopic (exact) mass is 215 g/mol. The summed E-state index contributed by atoms with van der Waals surface area (Å²) >= 11 is 5.84. The van der Waals surface area contributed by atoms with Crippen LogP contribution in [0.2, 0.25) is 5.02 Å². The minimum absolute atomic E-state index is 0.354. The molecule has 14 heavy (non-hydrogen) atoms. The number of halogens is 1. The Morgan fingerprint density at radius 3 is 2.71 bits per heavy atom. The molecule has 0 unspecified atom stereocenters. The maximum Gasteiger partial charge on any atom is 0.405 e. The number of nitrogens with two attached hydrogens (primary N) is 1. The molecule has 1 aromatic carbocycles. The van der Waals surface area contributed by atoms with Crippen LogP contribution in [0.5, 0.6) is 0 Å². The van der Waals surface area contributed by atoms with Gasteiger partial charge in [0.25, 0.3) is 0 Å². The number of hydrogen-bond acceptors (Lipinski definition) is 3. The number of aliphatic hydroxyl groups is 1. The molecule has 0 aliphatic rings. The van der Waals surface area contributed by atoms with Crippen molar-refractivity contribution in [2.45, 2.75) is 6.10 Å². The number of primary amides is 1. The van der Waals surface area contributed by atoms with Gasteiger partial charge in [-0.25, -0.2) is 4.79 Å². The van der Waals surface area contributed by atoms with Crippen molar-refractivity contribution in [3.8, 4) is 0 Å². The fourth-order valence-electron chi connectivity index (χ4n) is 1.08. The summed E-state index contributed by atoms with van der Waals surface area (Å²) in [6, 6.07) is 6.77. The third-order valence-corrected chi connectivity index (χ3v) is 2.02. The second-order valence-electron chi connectivity index (χ2n) is 2.63. The summed E-state index contributed by atoms with van der Waals surface area (Å²) in [5.41, 5.74) is 5.38. The Morgan fingerprint density at radius 2 is 2.21 bits per heavy atom. The molecular formula is C9H10ClNO3. The number of rotatable bonds is 3. The Labute approximate surface area is 86.2 Å². The van der Waals surface area contributed by atoms with Gasteiger partial charge < -0.3 is 15.6 Å². The first kappa shape index (κ1) is 10.8. The first-order chi connectivity index (χ1) is 6.65. The van der Waals surface area contributed by atoms with Crippen LogP contribution in [-0.4, -0.2) is 17.8 Å². The average Bonchev–Trinajstić information content (AvgIpc) is 2.15. The highest BCUT2D eigenvalue weighted by Gasteiger charge is 2.16. The summed E-state index contributed by atoms with van der Waals surface area (Å²) in [7, 11) is 0. The fourth-order valence-corrected chi connectivity index (χ4v) is 1.33. The second-order valence-corrected chi connectivity index (χ2v) is 3.04. The van der Waals surface area contributed by atoms with Crippen LogP contribution in [0.25, 0.3) is 0 Å². The van der Waals surface area contributed by atoms with E-state index in [1.165, 1.54) is 0 Å². The van der Waals surface area contributed by atoms with Gasteiger partial charge >= 0.3 is 6.09 Å². The van der Waals surface area contributed by atoms with E-state index >= 15 is 0 Å². The minimum atomic E-state index is -0.941. The van der Waals surface area contributed by atoms with Gasteiger partial charge in [-0.2, -0.15) is 0 Å². The Balaban J connectivity index is 2.89. The number of hydrogen-bond donors (Lipinski definition) is 2. The van der Waals surface area contributed by atoms with E-state index in [0.717, 1.165) is 0 Å². The van der Waals surface area contributed by atoms with Gasteiger partial charge in [0.1, 0.15) is 0 Å². The zero-order valence-corrected chi connectivity index (χ0v) is 8.07. The number of carbonyl (C=O) groups excluding carboxylic acids is 1. The van der Waals surface area contributed by atoms with E-state index < -0.39 is 12.2 Å². The van der Waals surface area contributed by atoms with Crippen molar-refractivity contribution in [2.75, 3.05) is 6.61 Å². The predicted molar refractivity (Wildman–Crippen MR) is 51.9 cm³/mol. The van der Waals surface area contributed by atoms with Crippen molar-refractivity contribution in [1.29, 1.82) is 0 Å². The minimum Gasteiger partial charge on any atom is -0.439 e.